The number of rotatable bonds is 11. The third-order valence-corrected chi connectivity index (χ3v) is 6.88. The second kappa shape index (κ2) is 11.6. The van der Waals surface area contributed by atoms with Gasteiger partial charge >= 0.3 is 0 Å². The number of hydrogen-bond donors (Lipinski definition) is 0. The predicted octanol–water partition coefficient (Wildman–Crippen LogP) is 7.30. The molecule has 2 heterocycles. The van der Waals surface area contributed by atoms with Crippen LogP contribution in [0.15, 0.2) is 71.8 Å². The van der Waals surface area contributed by atoms with Crippen LogP contribution in [0.4, 0.5) is 0 Å². The van der Waals surface area contributed by atoms with Crippen LogP contribution in [0, 0.1) is 0 Å². The Kier molecular flexibility index (Phi) is 7.83. The van der Waals surface area contributed by atoms with E-state index in [4.69, 9.17) is 24.0 Å². The Balaban J connectivity index is 1.43. The van der Waals surface area contributed by atoms with E-state index in [-0.39, 0.29) is 12.3 Å². The van der Waals surface area contributed by atoms with Gasteiger partial charge in [-0.3, -0.25) is 0 Å². The van der Waals surface area contributed by atoms with Crippen LogP contribution >= 0.6 is 0 Å². The lowest BCUT2D eigenvalue weighted by molar-refractivity contribution is -0.0191. The molecule has 2 aliphatic heterocycles. The summed E-state index contributed by atoms with van der Waals surface area (Å²) >= 11 is 0. The van der Waals surface area contributed by atoms with Gasteiger partial charge in [0, 0.05) is 17.5 Å². The first kappa shape index (κ1) is 25.0. The summed E-state index contributed by atoms with van der Waals surface area (Å²) in [6.07, 6.45) is 4.71. The van der Waals surface area contributed by atoms with Crippen LogP contribution in [0.3, 0.4) is 0 Å². The Labute approximate surface area is 219 Å². The molecule has 0 spiro atoms. The van der Waals surface area contributed by atoms with Gasteiger partial charge in [-0.25, -0.2) is 5.01 Å². The van der Waals surface area contributed by atoms with E-state index in [1.54, 1.807) is 7.11 Å². The van der Waals surface area contributed by atoms with Crippen molar-refractivity contribution < 1.29 is 18.9 Å². The van der Waals surface area contributed by atoms with Crippen molar-refractivity contribution in [3.8, 4) is 23.0 Å². The Hall–Kier alpha value is -3.67. The third kappa shape index (κ3) is 5.38. The highest BCUT2D eigenvalue weighted by Gasteiger charge is 2.41. The van der Waals surface area contributed by atoms with Crippen molar-refractivity contribution in [3.05, 3.63) is 83.4 Å². The number of hydrogen-bond acceptors (Lipinski definition) is 6. The predicted molar refractivity (Wildman–Crippen MR) is 146 cm³/mol. The van der Waals surface area contributed by atoms with Gasteiger partial charge in [0.1, 0.15) is 11.5 Å². The fourth-order valence-corrected chi connectivity index (χ4v) is 4.79. The van der Waals surface area contributed by atoms with E-state index in [0.717, 1.165) is 78.4 Å². The maximum absolute atomic E-state index is 6.53. The highest BCUT2D eigenvalue weighted by molar-refractivity contribution is 6.02. The number of para-hydroxylation sites is 1. The molecule has 0 amide bonds. The van der Waals surface area contributed by atoms with Gasteiger partial charge in [-0.05, 0) is 66.9 Å². The van der Waals surface area contributed by atoms with Gasteiger partial charge in [-0.1, -0.05) is 44.9 Å². The highest BCUT2D eigenvalue weighted by atomic mass is 16.5. The van der Waals surface area contributed by atoms with E-state index in [9.17, 15) is 0 Å². The number of fused-ring (bicyclic) bond motifs is 3. The van der Waals surface area contributed by atoms with Crippen LogP contribution in [0.2, 0.25) is 0 Å². The Morgan fingerprint density at radius 2 is 1.65 bits per heavy atom. The fraction of sp³-hybridized carbons (Fsp3) is 0.387. The van der Waals surface area contributed by atoms with Crippen LogP contribution in [0.1, 0.15) is 74.9 Å². The van der Waals surface area contributed by atoms with Crippen LogP contribution in [-0.4, -0.2) is 31.0 Å². The lowest BCUT2D eigenvalue weighted by atomic mass is 9.96. The zero-order valence-electron chi connectivity index (χ0n) is 22.0. The molecule has 0 aliphatic carbocycles. The number of benzene rings is 3. The molecule has 0 saturated carbocycles. The summed E-state index contributed by atoms with van der Waals surface area (Å²) in [7, 11) is 1.67. The monoisotopic (exact) mass is 500 g/mol. The van der Waals surface area contributed by atoms with Crippen molar-refractivity contribution in [3.63, 3.8) is 0 Å². The lowest BCUT2D eigenvalue weighted by Crippen LogP contribution is -2.33. The molecule has 0 fully saturated rings. The molecule has 0 N–H and O–H groups in total. The quantitative estimate of drug-likeness (QED) is 0.259. The largest absolute Gasteiger partial charge is 0.494 e. The number of unbranched alkanes of at least 4 members (excludes halogenated alkanes) is 2. The molecule has 3 aromatic rings. The van der Waals surface area contributed by atoms with E-state index in [0.29, 0.717) is 12.4 Å². The Morgan fingerprint density at radius 3 is 2.41 bits per heavy atom. The molecular formula is C31H36N2O4. The van der Waals surface area contributed by atoms with Gasteiger partial charge in [0.25, 0.3) is 0 Å². The first-order valence-corrected chi connectivity index (χ1v) is 13.4. The molecule has 0 unspecified atom stereocenters. The number of hydrazone groups is 1. The van der Waals surface area contributed by atoms with Crippen molar-refractivity contribution in [2.45, 2.75) is 58.2 Å². The molecule has 0 saturated heterocycles. The molecule has 3 aromatic carbocycles. The van der Waals surface area contributed by atoms with Gasteiger partial charge < -0.3 is 18.9 Å². The average Bonchev–Trinajstić information content (AvgIpc) is 3.39. The minimum Gasteiger partial charge on any atom is -0.494 e. The highest BCUT2D eigenvalue weighted by Crippen LogP contribution is 2.48. The molecule has 37 heavy (non-hydrogen) atoms. The molecule has 0 radical (unpaired) electrons. The topological polar surface area (TPSA) is 52.5 Å². The number of nitrogens with zero attached hydrogens (tertiary/aromatic N) is 2. The number of methoxy groups -OCH3 is 1. The summed E-state index contributed by atoms with van der Waals surface area (Å²) in [5.41, 5.74) is 4.28. The zero-order chi connectivity index (χ0) is 25.6. The van der Waals surface area contributed by atoms with Crippen molar-refractivity contribution in [1.82, 2.24) is 5.01 Å². The molecule has 0 aromatic heterocycles. The van der Waals surface area contributed by atoms with Crippen molar-refractivity contribution in [2.24, 2.45) is 5.10 Å². The van der Waals surface area contributed by atoms with E-state index in [2.05, 4.69) is 49.2 Å². The maximum atomic E-state index is 6.53. The van der Waals surface area contributed by atoms with Gasteiger partial charge in [-0.15, -0.1) is 0 Å². The third-order valence-electron chi connectivity index (χ3n) is 6.88. The first-order chi connectivity index (χ1) is 18.2. The van der Waals surface area contributed by atoms with E-state index < -0.39 is 0 Å². The average molecular weight is 501 g/mol. The van der Waals surface area contributed by atoms with E-state index >= 15 is 0 Å². The van der Waals surface area contributed by atoms with Crippen molar-refractivity contribution >= 4 is 5.71 Å². The summed E-state index contributed by atoms with van der Waals surface area (Å²) < 4.78 is 24.0. The zero-order valence-corrected chi connectivity index (χ0v) is 22.0. The van der Waals surface area contributed by atoms with Crippen molar-refractivity contribution in [2.75, 3.05) is 20.3 Å². The standard InChI is InChI=1S/C31H36N2O4/c1-4-6-18-35-24-15-12-22(13-16-24)26-21-27-25-10-8-9-11-28(25)37-31(33(27)32-26)23-14-17-29(30(20-23)34-3)36-19-7-5-2/h8-17,20,27,31H,4-7,18-19,21H2,1-3H3/t27-,31-/m0/s1. The molecule has 0 bridgehead atoms. The smallest absolute Gasteiger partial charge is 0.214 e. The minimum absolute atomic E-state index is 0.0944. The Bertz CT molecular complexity index is 1220. The number of ether oxygens (including phenoxy) is 4. The van der Waals surface area contributed by atoms with E-state index in [1.807, 2.05) is 36.4 Å². The summed E-state index contributed by atoms with van der Waals surface area (Å²) in [5, 5.41) is 7.19. The summed E-state index contributed by atoms with van der Waals surface area (Å²) in [4.78, 5) is 0. The van der Waals surface area contributed by atoms with Gasteiger partial charge in [-0.2, -0.15) is 5.10 Å². The fourth-order valence-electron chi connectivity index (χ4n) is 4.79. The van der Waals surface area contributed by atoms with Gasteiger partial charge in [0.05, 0.1) is 32.1 Å². The molecule has 5 rings (SSSR count). The summed E-state index contributed by atoms with van der Waals surface area (Å²) in [5.74, 6) is 3.24. The van der Waals surface area contributed by atoms with Crippen LogP contribution in [0.25, 0.3) is 0 Å². The molecule has 6 nitrogen and oxygen atoms in total. The Morgan fingerprint density at radius 1 is 0.892 bits per heavy atom. The molecule has 6 heteroatoms. The molecule has 2 atom stereocenters. The van der Waals surface area contributed by atoms with Gasteiger partial charge in [0.2, 0.25) is 6.23 Å². The van der Waals surface area contributed by atoms with E-state index in [1.165, 1.54) is 0 Å². The van der Waals surface area contributed by atoms with Gasteiger partial charge in [0.15, 0.2) is 11.5 Å². The summed E-state index contributed by atoms with van der Waals surface area (Å²) in [6.45, 7) is 5.73. The maximum Gasteiger partial charge on any atom is 0.214 e. The second-order valence-electron chi connectivity index (χ2n) is 9.49. The van der Waals surface area contributed by atoms with Crippen LogP contribution in [-0.2, 0) is 0 Å². The lowest BCUT2D eigenvalue weighted by Gasteiger charge is -2.38. The first-order valence-electron chi connectivity index (χ1n) is 13.4. The molecule has 2 aliphatic rings. The normalized spacial score (nSPS) is 17.9. The SMILES string of the molecule is CCCCOc1ccc(C2=NN3[C@@H](C2)c2ccccc2O[C@H]3c2ccc(OCCCC)c(OC)c2)cc1. The second-order valence-corrected chi connectivity index (χ2v) is 9.49. The van der Waals surface area contributed by atoms with Crippen LogP contribution < -0.4 is 18.9 Å². The van der Waals surface area contributed by atoms with Crippen molar-refractivity contribution in [1.29, 1.82) is 0 Å². The van der Waals surface area contributed by atoms with Crippen LogP contribution in [0.5, 0.6) is 23.0 Å². The summed E-state index contributed by atoms with van der Waals surface area (Å²) in [6, 6.07) is 22.7. The minimum atomic E-state index is -0.368. The molecular weight excluding hydrogens is 464 g/mol. The molecule has 194 valence electrons.